The van der Waals surface area contributed by atoms with Crippen LogP contribution < -0.4 is 5.73 Å². The lowest BCUT2D eigenvalue weighted by atomic mass is 9.97. The van der Waals surface area contributed by atoms with Gasteiger partial charge >= 0.3 is 0 Å². The molecule has 0 saturated carbocycles. The van der Waals surface area contributed by atoms with Crippen molar-refractivity contribution in [2.24, 2.45) is 0 Å². The van der Waals surface area contributed by atoms with E-state index in [0.717, 1.165) is 38.2 Å². The van der Waals surface area contributed by atoms with Gasteiger partial charge in [-0.3, -0.25) is 4.98 Å². The minimum atomic E-state index is 0.914. The number of nitrogen functional groups attached to an aromatic ring is 1. The highest BCUT2D eigenvalue weighted by atomic mass is 15.1. The van der Waals surface area contributed by atoms with Crippen LogP contribution in [-0.2, 0) is 19.4 Å². The van der Waals surface area contributed by atoms with Gasteiger partial charge < -0.3 is 15.5 Å². The van der Waals surface area contributed by atoms with Crippen molar-refractivity contribution in [2.75, 3.05) is 32.9 Å². The highest BCUT2D eigenvalue weighted by Gasteiger charge is 2.23. The third-order valence-electron chi connectivity index (χ3n) is 5.36. The fourth-order valence-electron chi connectivity index (χ4n) is 3.89. The minimum Gasteiger partial charge on any atom is -0.398 e. The molecule has 132 valence electrons. The topological polar surface area (TPSA) is 45.4 Å². The van der Waals surface area contributed by atoms with E-state index in [1.165, 1.54) is 60.3 Å². The normalized spacial score (nSPS) is 17.3. The maximum Gasteiger partial charge on any atom is 0.0693 e. The molecule has 2 heterocycles. The average molecular weight is 329 g/mol. The Morgan fingerprint density at radius 1 is 1.12 bits per heavy atom. The molecule has 0 bridgehead atoms. The highest BCUT2D eigenvalue weighted by Crippen LogP contribution is 2.34. The molecule has 0 saturated heterocycles. The van der Waals surface area contributed by atoms with Gasteiger partial charge in [0.05, 0.1) is 12.2 Å². The fourth-order valence-corrected chi connectivity index (χ4v) is 3.89. The second kappa shape index (κ2) is 7.56. The van der Waals surface area contributed by atoms with Crippen molar-refractivity contribution in [3.63, 3.8) is 0 Å². The maximum atomic E-state index is 6.55. The first-order chi connectivity index (χ1) is 11.6. The number of hydrogen-bond donors (Lipinski definition) is 1. The minimum absolute atomic E-state index is 0.914. The van der Waals surface area contributed by atoms with E-state index in [4.69, 9.17) is 10.7 Å². The standard InChI is InChI=1S/C20H32N4/c1-15-13-17-19(14-24(15)12-8-7-11-23(2)3)22-18-10-6-4-5-9-16(18)20(17)21/h13H,4-12,14H2,1-3H3,(H2,21,22). The molecular weight excluding hydrogens is 296 g/mol. The summed E-state index contributed by atoms with van der Waals surface area (Å²) < 4.78 is 0. The Labute approximate surface area is 146 Å². The van der Waals surface area contributed by atoms with Crippen LogP contribution >= 0.6 is 0 Å². The van der Waals surface area contributed by atoms with E-state index in [2.05, 4.69) is 36.9 Å². The maximum absolute atomic E-state index is 6.55. The number of anilines is 1. The van der Waals surface area contributed by atoms with Crippen molar-refractivity contribution in [1.82, 2.24) is 14.8 Å². The monoisotopic (exact) mass is 328 g/mol. The number of fused-ring (bicyclic) bond motifs is 2. The number of allylic oxidation sites excluding steroid dienone is 1. The molecule has 0 atom stereocenters. The smallest absolute Gasteiger partial charge is 0.0693 e. The summed E-state index contributed by atoms with van der Waals surface area (Å²) in [5.41, 5.74) is 13.9. The third kappa shape index (κ3) is 3.75. The van der Waals surface area contributed by atoms with Crippen LogP contribution in [0, 0.1) is 0 Å². The Morgan fingerprint density at radius 2 is 1.92 bits per heavy atom. The van der Waals surface area contributed by atoms with E-state index in [0.29, 0.717) is 0 Å². The number of nitrogens with two attached hydrogens (primary N) is 1. The van der Waals surface area contributed by atoms with Gasteiger partial charge in [0, 0.05) is 29.2 Å². The molecule has 4 heteroatoms. The van der Waals surface area contributed by atoms with E-state index in [1.54, 1.807) is 0 Å². The number of rotatable bonds is 5. The Balaban J connectivity index is 1.76. The molecule has 0 radical (unpaired) electrons. The summed E-state index contributed by atoms with van der Waals surface area (Å²) in [5, 5.41) is 0. The van der Waals surface area contributed by atoms with Crippen LogP contribution in [0.3, 0.4) is 0 Å². The lowest BCUT2D eigenvalue weighted by Gasteiger charge is -2.31. The molecule has 0 aromatic carbocycles. The Bertz CT molecular complexity index is 619. The average Bonchev–Trinajstić information content (AvgIpc) is 2.78. The number of unbranched alkanes of at least 4 members (excludes halogenated alkanes) is 1. The molecule has 3 rings (SSSR count). The number of pyridine rings is 1. The summed E-state index contributed by atoms with van der Waals surface area (Å²) in [4.78, 5) is 9.76. The van der Waals surface area contributed by atoms with Gasteiger partial charge in [0.1, 0.15) is 0 Å². The molecule has 24 heavy (non-hydrogen) atoms. The van der Waals surface area contributed by atoms with Crippen LogP contribution in [0.15, 0.2) is 5.70 Å². The molecule has 4 nitrogen and oxygen atoms in total. The molecular formula is C20H32N4. The summed E-state index contributed by atoms with van der Waals surface area (Å²) in [5.74, 6) is 0. The highest BCUT2D eigenvalue weighted by molar-refractivity contribution is 5.72. The zero-order chi connectivity index (χ0) is 17.1. The molecule has 2 N–H and O–H groups in total. The molecule has 0 spiro atoms. The fraction of sp³-hybridized carbons (Fsp3) is 0.650. The predicted molar refractivity (Wildman–Crippen MR) is 102 cm³/mol. The van der Waals surface area contributed by atoms with Crippen molar-refractivity contribution < 1.29 is 0 Å². The van der Waals surface area contributed by atoms with Gasteiger partial charge in [-0.2, -0.15) is 0 Å². The SMILES string of the molecule is CC1=Cc2c(nc3c(c2N)CCCCC3)CN1CCCCN(C)C. The quantitative estimate of drug-likeness (QED) is 0.664. The molecule has 1 aromatic heterocycles. The van der Waals surface area contributed by atoms with Gasteiger partial charge in [-0.15, -0.1) is 0 Å². The zero-order valence-corrected chi connectivity index (χ0v) is 15.6. The van der Waals surface area contributed by atoms with Crippen LogP contribution in [0.4, 0.5) is 5.69 Å². The molecule has 1 aromatic rings. The second-order valence-electron chi connectivity index (χ2n) is 7.59. The third-order valence-corrected chi connectivity index (χ3v) is 5.36. The molecule has 2 aliphatic rings. The van der Waals surface area contributed by atoms with Crippen LogP contribution in [0.5, 0.6) is 0 Å². The van der Waals surface area contributed by atoms with Crippen molar-refractivity contribution in [2.45, 2.75) is 58.4 Å². The van der Waals surface area contributed by atoms with Crippen LogP contribution in [-0.4, -0.2) is 42.0 Å². The number of aromatic nitrogens is 1. The molecule has 1 aliphatic heterocycles. The number of nitrogens with zero attached hydrogens (tertiary/aromatic N) is 3. The molecule has 0 fully saturated rings. The summed E-state index contributed by atoms with van der Waals surface area (Å²) >= 11 is 0. The first-order valence-electron chi connectivity index (χ1n) is 9.44. The van der Waals surface area contributed by atoms with Gasteiger partial charge in [-0.25, -0.2) is 0 Å². The first-order valence-corrected chi connectivity index (χ1v) is 9.44. The van der Waals surface area contributed by atoms with Crippen LogP contribution in [0.1, 0.15) is 61.5 Å². The largest absolute Gasteiger partial charge is 0.398 e. The Morgan fingerprint density at radius 3 is 2.71 bits per heavy atom. The van der Waals surface area contributed by atoms with E-state index >= 15 is 0 Å². The van der Waals surface area contributed by atoms with E-state index < -0.39 is 0 Å². The van der Waals surface area contributed by atoms with Crippen molar-refractivity contribution in [3.8, 4) is 0 Å². The van der Waals surface area contributed by atoms with Crippen molar-refractivity contribution in [1.29, 1.82) is 0 Å². The summed E-state index contributed by atoms with van der Waals surface area (Å²) in [6.07, 6.45) is 10.7. The molecule has 0 amide bonds. The van der Waals surface area contributed by atoms with Crippen molar-refractivity contribution in [3.05, 3.63) is 28.2 Å². The van der Waals surface area contributed by atoms with E-state index in [9.17, 15) is 0 Å². The van der Waals surface area contributed by atoms with Crippen LogP contribution in [0.25, 0.3) is 6.08 Å². The summed E-state index contributed by atoms with van der Waals surface area (Å²) in [6, 6.07) is 0. The summed E-state index contributed by atoms with van der Waals surface area (Å²) in [7, 11) is 4.28. The second-order valence-corrected chi connectivity index (χ2v) is 7.59. The van der Waals surface area contributed by atoms with Gasteiger partial charge in [-0.1, -0.05) is 6.42 Å². The van der Waals surface area contributed by atoms with Gasteiger partial charge in [0.25, 0.3) is 0 Å². The Hall–Kier alpha value is -1.55. The number of aryl methyl sites for hydroxylation is 1. The zero-order valence-electron chi connectivity index (χ0n) is 15.6. The predicted octanol–water partition coefficient (Wildman–Crippen LogP) is 3.45. The van der Waals surface area contributed by atoms with E-state index in [1.807, 2.05) is 0 Å². The van der Waals surface area contributed by atoms with E-state index in [-0.39, 0.29) is 0 Å². The van der Waals surface area contributed by atoms with Gasteiger partial charge in [0.2, 0.25) is 0 Å². The van der Waals surface area contributed by atoms with Crippen LogP contribution in [0.2, 0.25) is 0 Å². The van der Waals surface area contributed by atoms with Gasteiger partial charge in [0.15, 0.2) is 0 Å². The lowest BCUT2D eigenvalue weighted by molar-refractivity contribution is 0.309. The lowest BCUT2D eigenvalue weighted by Crippen LogP contribution is -2.28. The first kappa shape index (κ1) is 17.3. The van der Waals surface area contributed by atoms with Gasteiger partial charge in [-0.05, 0) is 77.7 Å². The van der Waals surface area contributed by atoms with Crippen molar-refractivity contribution >= 4 is 11.8 Å². The number of hydrogen-bond acceptors (Lipinski definition) is 4. The molecule has 0 unspecified atom stereocenters. The summed E-state index contributed by atoms with van der Waals surface area (Å²) in [6.45, 7) is 5.39. The Kier molecular flexibility index (Phi) is 5.44. The molecule has 1 aliphatic carbocycles.